The predicted molar refractivity (Wildman–Crippen MR) is 120 cm³/mol. The third kappa shape index (κ3) is 5.80. The standard InChI is InChI=1S/C21H27F2N5O4S/c22-18(23)14-28-8-3-19(25-28)24-20(30)16-2-1-15(26-33(31,32)12-11-29)13-17(16)27-9-6-21(4-5-21)7-10-27/h1-3,8,13,18,26,29H,4-7,9-12,14H2,(H,24,25,30). The second-order valence-electron chi connectivity index (χ2n) is 8.63. The van der Waals surface area contributed by atoms with E-state index in [0.29, 0.717) is 22.4 Å². The molecule has 4 rings (SSSR count). The Kier molecular flexibility index (Phi) is 6.57. The van der Waals surface area contributed by atoms with Crippen LogP contribution in [0.4, 0.5) is 26.0 Å². The van der Waals surface area contributed by atoms with Crippen LogP contribution in [0, 0.1) is 5.41 Å². The van der Waals surface area contributed by atoms with E-state index >= 15 is 0 Å². The van der Waals surface area contributed by atoms with E-state index in [0.717, 1.165) is 30.6 Å². The molecule has 1 aromatic carbocycles. The molecule has 9 nitrogen and oxygen atoms in total. The van der Waals surface area contributed by atoms with E-state index in [1.54, 1.807) is 6.07 Å². The molecule has 1 aromatic heterocycles. The molecule has 0 bridgehead atoms. The number of amides is 1. The average Bonchev–Trinajstić information content (AvgIpc) is 3.35. The Bertz CT molecular complexity index is 1110. The molecule has 180 valence electrons. The van der Waals surface area contributed by atoms with Crippen molar-refractivity contribution >= 4 is 33.1 Å². The molecule has 3 N–H and O–H groups in total. The lowest BCUT2D eigenvalue weighted by Gasteiger charge is -2.35. The van der Waals surface area contributed by atoms with Gasteiger partial charge in [-0.2, -0.15) is 5.10 Å². The normalized spacial score (nSPS) is 17.4. The fourth-order valence-corrected chi connectivity index (χ4v) is 4.98. The van der Waals surface area contributed by atoms with Crippen LogP contribution in [0.2, 0.25) is 0 Å². The fraction of sp³-hybridized carbons (Fsp3) is 0.524. The summed E-state index contributed by atoms with van der Waals surface area (Å²) in [6.45, 7) is 0.417. The van der Waals surface area contributed by atoms with Crippen molar-refractivity contribution < 1.29 is 27.1 Å². The highest BCUT2D eigenvalue weighted by atomic mass is 32.2. The van der Waals surface area contributed by atoms with Crippen LogP contribution < -0.4 is 14.9 Å². The Balaban J connectivity index is 1.57. The zero-order valence-corrected chi connectivity index (χ0v) is 18.8. The molecule has 1 saturated carbocycles. The first kappa shape index (κ1) is 23.4. The van der Waals surface area contributed by atoms with Gasteiger partial charge in [-0.3, -0.25) is 14.2 Å². The number of aromatic nitrogens is 2. The number of sulfonamides is 1. The van der Waals surface area contributed by atoms with Crippen LogP contribution in [-0.2, 0) is 16.6 Å². The highest BCUT2D eigenvalue weighted by Gasteiger charge is 2.44. The lowest BCUT2D eigenvalue weighted by Crippen LogP contribution is -2.35. The van der Waals surface area contributed by atoms with E-state index in [1.807, 2.05) is 0 Å². The number of nitrogens with one attached hydrogen (secondary N) is 2. The number of halogens is 2. The number of hydrogen-bond acceptors (Lipinski definition) is 6. The van der Waals surface area contributed by atoms with Gasteiger partial charge < -0.3 is 15.3 Å². The Labute approximate surface area is 190 Å². The van der Waals surface area contributed by atoms with E-state index < -0.39 is 41.3 Å². The molecule has 2 aliphatic rings. The predicted octanol–water partition coefficient (Wildman–Crippen LogP) is 2.51. The molecule has 12 heteroatoms. The minimum Gasteiger partial charge on any atom is -0.395 e. The molecule has 0 atom stereocenters. The van der Waals surface area contributed by atoms with Crippen molar-refractivity contribution in [1.82, 2.24) is 9.78 Å². The van der Waals surface area contributed by atoms with E-state index in [1.165, 1.54) is 37.2 Å². The summed E-state index contributed by atoms with van der Waals surface area (Å²) in [5, 5.41) is 15.6. The van der Waals surface area contributed by atoms with Crippen LogP contribution in [0.5, 0.6) is 0 Å². The minimum atomic E-state index is -3.72. The first-order chi connectivity index (χ1) is 15.7. The number of carbonyl (C=O) groups is 1. The molecule has 1 aliphatic heterocycles. The number of nitrogens with zero attached hydrogens (tertiary/aromatic N) is 3. The van der Waals surface area contributed by atoms with Crippen molar-refractivity contribution in [3.63, 3.8) is 0 Å². The number of piperidine rings is 1. The van der Waals surface area contributed by atoms with Gasteiger partial charge in [-0.15, -0.1) is 0 Å². The van der Waals surface area contributed by atoms with Crippen LogP contribution in [-0.4, -0.2) is 61.1 Å². The second kappa shape index (κ2) is 9.26. The molecule has 2 fully saturated rings. The van der Waals surface area contributed by atoms with Gasteiger partial charge in [-0.25, -0.2) is 17.2 Å². The first-order valence-electron chi connectivity index (χ1n) is 10.8. The Morgan fingerprint density at radius 1 is 1.18 bits per heavy atom. The maximum atomic E-state index is 13.0. The van der Waals surface area contributed by atoms with Crippen LogP contribution in [0.25, 0.3) is 0 Å². The molecule has 1 spiro atoms. The maximum absolute atomic E-state index is 13.0. The van der Waals surface area contributed by atoms with E-state index in [-0.39, 0.29) is 5.82 Å². The SMILES string of the molecule is O=C(Nc1ccn(CC(F)F)n1)c1ccc(NS(=O)(=O)CCO)cc1N1CCC2(CC1)CC2. The van der Waals surface area contributed by atoms with Crippen LogP contribution in [0.1, 0.15) is 36.0 Å². The average molecular weight is 484 g/mol. The van der Waals surface area contributed by atoms with Gasteiger partial charge in [-0.05, 0) is 49.3 Å². The van der Waals surface area contributed by atoms with Gasteiger partial charge in [0.15, 0.2) is 5.82 Å². The number of hydrogen-bond donors (Lipinski definition) is 3. The van der Waals surface area contributed by atoms with E-state index in [2.05, 4.69) is 20.0 Å². The number of carbonyl (C=O) groups excluding carboxylic acids is 1. The Hall–Kier alpha value is -2.73. The van der Waals surface area contributed by atoms with Crippen molar-refractivity contribution in [3.05, 3.63) is 36.0 Å². The van der Waals surface area contributed by atoms with Gasteiger partial charge in [0.2, 0.25) is 10.0 Å². The molecule has 0 radical (unpaired) electrons. The molecule has 2 heterocycles. The number of aliphatic hydroxyl groups is 1. The molecule has 2 aromatic rings. The monoisotopic (exact) mass is 483 g/mol. The Morgan fingerprint density at radius 3 is 2.55 bits per heavy atom. The number of anilines is 3. The van der Waals surface area contributed by atoms with E-state index in [4.69, 9.17) is 5.11 Å². The quantitative estimate of drug-likeness (QED) is 0.505. The lowest BCUT2D eigenvalue weighted by molar-refractivity contribution is 0.102. The number of benzene rings is 1. The van der Waals surface area contributed by atoms with Crippen LogP contribution in [0.3, 0.4) is 0 Å². The van der Waals surface area contributed by atoms with Gasteiger partial charge in [0, 0.05) is 25.4 Å². The zero-order chi connectivity index (χ0) is 23.6. The summed E-state index contributed by atoms with van der Waals surface area (Å²) in [7, 11) is -3.72. The van der Waals surface area contributed by atoms with Gasteiger partial charge >= 0.3 is 0 Å². The topological polar surface area (TPSA) is 117 Å². The highest BCUT2D eigenvalue weighted by molar-refractivity contribution is 7.92. The molecular formula is C21H27F2N5O4S. The smallest absolute Gasteiger partial charge is 0.258 e. The number of rotatable bonds is 9. The summed E-state index contributed by atoms with van der Waals surface area (Å²) < 4.78 is 52.8. The van der Waals surface area contributed by atoms with Gasteiger partial charge in [0.1, 0.15) is 6.54 Å². The van der Waals surface area contributed by atoms with Crippen LogP contribution in [0.15, 0.2) is 30.5 Å². The number of aliphatic hydroxyl groups excluding tert-OH is 1. The van der Waals surface area contributed by atoms with Gasteiger partial charge in [-0.1, -0.05) is 0 Å². The van der Waals surface area contributed by atoms with E-state index in [9.17, 15) is 22.0 Å². The lowest BCUT2D eigenvalue weighted by atomic mass is 9.93. The summed E-state index contributed by atoms with van der Waals surface area (Å²) in [6, 6.07) is 6.06. The molecule has 1 saturated heterocycles. The maximum Gasteiger partial charge on any atom is 0.258 e. The Morgan fingerprint density at radius 2 is 1.91 bits per heavy atom. The summed E-state index contributed by atoms with van der Waals surface area (Å²) >= 11 is 0. The van der Waals surface area contributed by atoms with Gasteiger partial charge in [0.25, 0.3) is 12.3 Å². The summed E-state index contributed by atoms with van der Waals surface area (Å²) in [5.41, 5.74) is 1.62. The minimum absolute atomic E-state index is 0.148. The largest absolute Gasteiger partial charge is 0.395 e. The number of alkyl halides is 2. The van der Waals surface area contributed by atoms with Crippen molar-refractivity contribution in [1.29, 1.82) is 0 Å². The molecular weight excluding hydrogens is 456 g/mol. The van der Waals surface area contributed by atoms with Crippen molar-refractivity contribution in [2.24, 2.45) is 5.41 Å². The van der Waals surface area contributed by atoms with Crippen LogP contribution >= 0.6 is 0 Å². The summed E-state index contributed by atoms with van der Waals surface area (Å²) in [4.78, 5) is 15.1. The second-order valence-corrected chi connectivity index (χ2v) is 10.5. The molecule has 33 heavy (non-hydrogen) atoms. The molecule has 0 unspecified atom stereocenters. The fourth-order valence-electron chi connectivity index (χ4n) is 4.15. The third-order valence-corrected chi connectivity index (χ3v) is 7.47. The van der Waals surface area contributed by atoms with Crippen molar-refractivity contribution in [2.45, 2.75) is 38.7 Å². The molecule has 1 amide bonds. The van der Waals surface area contributed by atoms with Crippen molar-refractivity contribution in [2.75, 3.05) is 40.4 Å². The first-order valence-corrected chi connectivity index (χ1v) is 12.5. The third-order valence-electron chi connectivity index (χ3n) is 6.20. The van der Waals surface area contributed by atoms with Crippen molar-refractivity contribution in [3.8, 4) is 0 Å². The zero-order valence-electron chi connectivity index (χ0n) is 18.0. The summed E-state index contributed by atoms with van der Waals surface area (Å²) in [5.74, 6) is -0.753. The molecule has 1 aliphatic carbocycles. The van der Waals surface area contributed by atoms with Gasteiger partial charge in [0.05, 0.1) is 29.3 Å². The summed E-state index contributed by atoms with van der Waals surface area (Å²) in [6.07, 6.45) is 3.25. The highest BCUT2D eigenvalue weighted by Crippen LogP contribution is 2.54.